The molecule has 1 aliphatic rings. The summed E-state index contributed by atoms with van der Waals surface area (Å²) in [5.41, 5.74) is 2.42. The Morgan fingerprint density at radius 1 is 1.14 bits per heavy atom. The van der Waals surface area contributed by atoms with Gasteiger partial charge < -0.3 is 15.4 Å². The van der Waals surface area contributed by atoms with Gasteiger partial charge >= 0.3 is 5.97 Å². The maximum absolute atomic E-state index is 12.5. The summed E-state index contributed by atoms with van der Waals surface area (Å²) in [5, 5.41) is 12.0. The molecule has 5 heteroatoms. The summed E-state index contributed by atoms with van der Waals surface area (Å²) in [7, 11) is 0. The predicted octanol–water partition coefficient (Wildman–Crippen LogP) is 2.66. The number of rotatable bonds is 4. The molecule has 1 fully saturated rings. The molecule has 114 valence electrons. The number of carbonyl (C=O) groups is 2. The molecule has 2 aromatic rings. The van der Waals surface area contributed by atoms with Gasteiger partial charge in [-0.25, -0.2) is 0 Å². The van der Waals surface area contributed by atoms with Crippen LogP contribution in [0.5, 0.6) is 0 Å². The highest BCUT2D eigenvalue weighted by Gasteiger charge is 2.31. The second-order valence-electron chi connectivity index (χ2n) is 5.67. The van der Waals surface area contributed by atoms with Gasteiger partial charge in [-0.3, -0.25) is 9.59 Å². The number of carbonyl (C=O) groups excluding carboxylic acids is 1. The van der Waals surface area contributed by atoms with Crippen LogP contribution in [0.4, 0.5) is 0 Å². The van der Waals surface area contributed by atoms with Crippen molar-refractivity contribution in [3.8, 4) is 11.1 Å². The molecule has 0 unspecified atom stereocenters. The van der Waals surface area contributed by atoms with Crippen molar-refractivity contribution in [3.05, 3.63) is 48.3 Å². The van der Waals surface area contributed by atoms with Crippen molar-refractivity contribution < 1.29 is 14.7 Å². The zero-order valence-electron chi connectivity index (χ0n) is 12.1. The van der Waals surface area contributed by atoms with Crippen LogP contribution in [0.2, 0.25) is 0 Å². The third-order valence-corrected chi connectivity index (χ3v) is 4.19. The monoisotopic (exact) mass is 298 g/mol. The van der Waals surface area contributed by atoms with Crippen LogP contribution < -0.4 is 5.32 Å². The van der Waals surface area contributed by atoms with E-state index in [1.54, 1.807) is 12.4 Å². The van der Waals surface area contributed by atoms with Crippen LogP contribution >= 0.6 is 0 Å². The van der Waals surface area contributed by atoms with Gasteiger partial charge in [0.15, 0.2) is 0 Å². The Balaban J connectivity index is 1.72. The van der Waals surface area contributed by atoms with Crippen molar-refractivity contribution in [2.45, 2.75) is 25.3 Å². The fraction of sp³-hybridized carbons (Fsp3) is 0.294. The molecule has 0 spiro atoms. The van der Waals surface area contributed by atoms with Crippen molar-refractivity contribution in [2.24, 2.45) is 5.92 Å². The fourth-order valence-corrected chi connectivity index (χ4v) is 3.01. The zero-order valence-corrected chi connectivity index (χ0v) is 12.1. The van der Waals surface area contributed by atoms with E-state index < -0.39 is 5.97 Å². The zero-order chi connectivity index (χ0) is 15.5. The van der Waals surface area contributed by atoms with Crippen LogP contribution in [0.1, 0.15) is 29.6 Å². The highest BCUT2D eigenvalue weighted by atomic mass is 16.4. The van der Waals surface area contributed by atoms with E-state index >= 15 is 0 Å². The smallest absolute Gasteiger partial charge is 0.306 e. The summed E-state index contributed by atoms with van der Waals surface area (Å²) in [6.07, 6.45) is 5.33. The molecule has 22 heavy (non-hydrogen) atoms. The molecule has 3 N–H and O–H groups in total. The largest absolute Gasteiger partial charge is 0.481 e. The summed E-state index contributed by atoms with van der Waals surface area (Å²) in [5.74, 6) is -1.27. The Hall–Kier alpha value is -2.56. The number of hydrogen-bond donors (Lipinski definition) is 3. The first-order valence-electron chi connectivity index (χ1n) is 7.41. The molecule has 1 aromatic carbocycles. The maximum Gasteiger partial charge on any atom is 0.306 e. The molecule has 1 saturated carbocycles. The van der Waals surface area contributed by atoms with Gasteiger partial charge in [0.25, 0.3) is 5.91 Å². The molecule has 0 bridgehead atoms. The lowest BCUT2D eigenvalue weighted by molar-refractivity contribution is -0.141. The van der Waals surface area contributed by atoms with Crippen molar-refractivity contribution in [1.29, 1.82) is 0 Å². The first kappa shape index (κ1) is 14.4. The van der Waals surface area contributed by atoms with E-state index in [2.05, 4.69) is 10.3 Å². The first-order valence-corrected chi connectivity index (χ1v) is 7.41. The van der Waals surface area contributed by atoms with Gasteiger partial charge in [0, 0.05) is 24.0 Å². The summed E-state index contributed by atoms with van der Waals surface area (Å²) in [4.78, 5) is 26.4. The number of carboxylic acids is 1. The molecule has 1 aliphatic carbocycles. The van der Waals surface area contributed by atoms with Crippen LogP contribution in [-0.4, -0.2) is 28.0 Å². The lowest BCUT2D eigenvalue weighted by Gasteiger charge is -2.13. The average molecular weight is 298 g/mol. The Bertz CT molecular complexity index is 678. The highest BCUT2D eigenvalue weighted by Crippen LogP contribution is 2.27. The van der Waals surface area contributed by atoms with Crippen molar-refractivity contribution in [1.82, 2.24) is 10.3 Å². The molecular formula is C17H18N2O3. The van der Waals surface area contributed by atoms with E-state index in [1.165, 1.54) is 0 Å². The van der Waals surface area contributed by atoms with E-state index in [0.717, 1.165) is 11.1 Å². The number of H-pyrrole nitrogens is 1. The van der Waals surface area contributed by atoms with Crippen molar-refractivity contribution in [3.63, 3.8) is 0 Å². The quantitative estimate of drug-likeness (QED) is 0.811. The Kier molecular flexibility index (Phi) is 3.96. The molecule has 5 nitrogen and oxygen atoms in total. The normalized spacial score (nSPS) is 20.7. The molecule has 1 aromatic heterocycles. The van der Waals surface area contributed by atoms with Gasteiger partial charge in [0.1, 0.15) is 0 Å². The number of benzene rings is 1. The van der Waals surface area contributed by atoms with Crippen LogP contribution in [0, 0.1) is 5.92 Å². The summed E-state index contributed by atoms with van der Waals surface area (Å²) >= 11 is 0. The summed E-state index contributed by atoms with van der Waals surface area (Å²) in [6.45, 7) is 0. The molecule has 2 atom stereocenters. The molecular weight excluding hydrogens is 280 g/mol. The Morgan fingerprint density at radius 2 is 1.91 bits per heavy atom. The fourth-order valence-electron chi connectivity index (χ4n) is 3.01. The Labute approximate surface area is 128 Å². The second kappa shape index (κ2) is 6.05. The van der Waals surface area contributed by atoms with Gasteiger partial charge in [-0.15, -0.1) is 0 Å². The molecule has 0 saturated heterocycles. The number of aromatic amines is 1. The SMILES string of the molecule is O=C(N[C@@H]1CC[C@H](C(=O)O)C1)c1c[nH]cc1-c1ccccc1. The van der Waals surface area contributed by atoms with Crippen LogP contribution in [-0.2, 0) is 4.79 Å². The van der Waals surface area contributed by atoms with E-state index in [0.29, 0.717) is 24.8 Å². The van der Waals surface area contributed by atoms with Crippen molar-refractivity contribution in [2.75, 3.05) is 0 Å². The summed E-state index contributed by atoms with van der Waals surface area (Å²) in [6, 6.07) is 9.63. The number of carboxylic acid groups (broad SMARTS) is 1. The highest BCUT2D eigenvalue weighted by molar-refractivity contribution is 6.01. The maximum atomic E-state index is 12.5. The van der Waals surface area contributed by atoms with Crippen molar-refractivity contribution >= 4 is 11.9 Å². The molecule has 0 aliphatic heterocycles. The number of hydrogen-bond acceptors (Lipinski definition) is 2. The third kappa shape index (κ3) is 2.88. The van der Waals surface area contributed by atoms with E-state index in [1.807, 2.05) is 30.3 Å². The molecule has 1 heterocycles. The first-order chi connectivity index (χ1) is 10.6. The van der Waals surface area contributed by atoms with Gasteiger partial charge in [-0.1, -0.05) is 30.3 Å². The van der Waals surface area contributed by atoms with E-state index in [-0.39, 0.29) is 17.9 Å². The minimum atomic E-state index is -0.775. The average Bonchev–Trinajstić information content (AvgIpc) is 3.17. The van der Waals surface area contributed by atoms with Gasteiger partial charge in [0.2, 0.25) is 0 Å². The predicted molar refractivity (Wildman–Crippen MR) is 82.5 cm³/mol. The number of aliphatic carboxylic acids is 1. The van der Waals surface area contributed by atoms with Crippen LogP contribution in [0.15, 0.2) is 42.7 Å². The number of amides is 1. The van der Waals surface area contributed by atoms with E-state index in [4.69, 9.17) is 5.11 Å². The standard InChI is InChI=1S/C17H18N2O3/c20-16(19-13-7-6-12(8-13)17(21)22)15-10-18-9-14(15)11-4-2-1-3-5-11/h1-5,9-10,12-13,18H,6-8H2,(H,19,20)(H,21,22)/t12-,13+/m0/s1. The van der Waals surface area contributed by atoms with Crippen LogP contribution in [0.25, 0.3) is 11.1 Å². The summed E-state index contributed by atoms with van der Waals surface area (Å²) < 4.78 is 0. The molecule has 3 rings (SSSR count). The Morgan fingerprint density at radius 3 is 2.59 bits per heavy atom. The third-order valence-electron chi connectivity index (χ3n) is 4.19. The van der Waals surface area contributed by atoms with E-state index in [9.17, 15) is 9.59 Å². The minimum Gasteiger partial charge on any atom is -0.481 e. The lowest BCUT2D eigenvalue weighted by Crippen LogP contribution is -2.33. The molecule has 1 amide bonds. The number of aromatic nitrogens is 1. The van der Waals surface area contributed by atoms with Crippen LogP contribution in [0.3, 0.4) is 0 Å². The topological polar surface area (TPSA) is 82.2 Å². The lowest BCUT2D eigenvalue weighted by atomic mass is 10.0. The van der Waals surface area contributed by atoms with Gasteiger partial charge in [0.05, 0.1) is 11.5 Å². The number of nitrogens with one attached hydrogen (secondary N) is 2. The van der Waals surface area contributed by atoms with Gasteiger partial charge in [-0.2, -0.15) is 0 Å². The second-order valence-corrected chi connectivity index (χ2v) is 5.67. The molecule has 0 radical (unpaired) electrons. The van der Waals surface area contributed by atoms with Gasteiger partial charge in [-0.05, 0) is 24.8 Å². The minimum absolute atomic E-state index is 0.0628.